The number of nitrogens with one attached hydrogen (secondary N) is 3. The van der Waals surface area contributed by atoms with Gasteiger partial charge in [-0.25, -0.2) is 4.79 Å². The predicted molar refractivity (Wildman–Crippen MR) is 99.2 cm³/mol. The van der Waals surface area contributed by atoms with E-state index in [1.165, 1.54) is 17.7 Å². The van der Waals surface area contributed by atoms with E-state index in [9.17, 15) is 9.59 Å². The summed E-state index contributed by atoms with van der Waals surface area (Å²) in [6.07, 6.45) is 4.51. The van der Waals surface area contributed by atoms with E-state index in [-0.39, 0.29) is 11.6 Å². The number of rotatable bonds is 7. The lowest BCUT2D eigenvalue weighted by Gasteiger charge is -2.15. The molecule has 0 spiro atoms. The van der Waals surface area contributed by atoms with Crippen LogP contribution >= 0.6 is 0 Å². The van der Waals surface area contributed by atoms with E-state index >= 15 is 0 Å². The summed E-state index contributed by atoms with van der Waals surface area (Å²) in [5, 5.41) is 3.10. The molecule has 1 heterocycles. The Balaban J connectivity index is 1.77. The van der Waals surface area contributed by atoms with Crippen LogP contribution in [-0.2, 0) is 6.54 Å². The number of likely N-dealkylation sites (N-methyl/N-ethyl adjacent to an activating group) is 1. The molecule has 1 aromatic heterocycles. The van der Waals surface area contributed by atoms with Gasteiger partial charge in [0.1, 0.15) is 0 Å². The molecule has 3 N–H and O–H groups in total. The number of aromatic nitrogens is 2. The molecule has 1 saturated carbocycles. The van der Waals surface area contributed by atoms with Crippen molar-refractivity contribution in [1.82, 2.24) is 14.9 Å². The molecule has 0 bridgehead atoms. The summed E-state index contributed by atoms with van der Waals surface area (Å²) in [6, 6.07) is 5.79. The Morgan fingerprint density at radius 2 is 2.00 bits per heavy atom. The fourth-order valence-electron chi connectivity index (χ4n) is 3.74. The number of quaternary nitrogens is 1. The number of nitrogens with zero attached hydrogens (tertiary/aromatic N) is 1. The molecule has 136 valence electrons. The summed E-state index contributed by atoms with van der Waals surface area (Å²) >= 11 is 0. The Morgan fingerprint density at radius 1 is 1.28 bits per heavy atom. The fraction of sp³-hybridized carbons (Fsp3) is 0.579. The van der Waals surface area contributed by atoms with Crippen molar-refractivity contribution in [2.75, 3.05) is 19.6 Å². The monoisotopic (exact) mass is 345 g/mol. The van der Waals surface area contributed by atoms with E-state index in [2.05, 4.69) is 24.1 Å². The van der Waals surface area contributed by atoms with E-state index in [0.717, 1.165) is 43.5 Å². The summed E-state index contributed by atoms with van der Waals surface area (Å²) in [4.78, 5) is 29.1. The third-order valence-electron chi connectivity index (χ3n) is 5.42. The minimum Gasteiger partial charge on any atom is -0.349 e. The van der Waals surface area contributed by atoms with Crippen LogP contribution in [0, 0.1) is 0 Å². The van der Waals surface area contributed by atoms with Gasteiger partial charge in [-0.2, -0.15) is 0 Å². The topological polar surface area (TPSA) is 71.3 Å². The molecule has 0 saturated heterocycles. The molecule has 1 aliphatic rings. The third kappa shape index (κ3) is 3.95. The molecule has 25 heavy (non-hydrogen) atoms. The van der Waals surface area contributed by atoms with Gasteiger partial charge < -0.3 is 15.2 Å². The van der Waals surface area contributed by atoms with Crippen LogP contribution in [-0.4, -0.2) is 41.1 Å². The number of carbonyl (C=O) groups is 1. The summed E-state index contributed by atoms with van der Waals surface area (Å²) in [7, 11) is 0. The zero-order valence-corrected chi connectivity index (χ0v) is 15.2. The predicted octanol–water partition coefficient (Wildman–Crippen LogP) is 0.927. The first-order valence-corrected chi connectivity index (χ1v) is 9.49. The lowest BCUT2D eigenvalue weighted by atomic mass is 10.1. The van der Waals surface area contributed by atoms with Crippen molar-refractivity contribution in [3.8, 4) is 0 Å². The standard InChI is InChI=1S/C19H28N4O2/c1-3-22(4-2)11-12-23-17-10-9-14(13-16(17)21-19(23)25)18(24)20-15-7-5-6-8-15/h9-10,13,15H,3-8,11-12H2,1-2H3,(H,20,24)(H,21,25)/p+1. The first-order valence-electron chi connectivity index (χ1n) is 9.49. The number of imidazole rings is 1. The number of benzene rings is 1. The molecule has 1 amide bonds. The van der Waals surface area contributed by atoms with Crippen LogP contribution in [0.25, 0.3) is 11.0 Å². The molecule has 1 aliphatic carbocycles. The molecule has 0 atom stereocenters. The van der Waals surface area contributed by atoms with Crippen molar-refractivity contribution in [2.45, 2.75) is 52.1 Å². The average Bonchev–Trinajstić information content (AvgIpc) is 3.22. The summed E-state index contributed by atoms with van der Waals surface area (Å²) < 4.78 is 1.78. The highest BCUT2D eigenvalue weighted by Crippen LogP contribution is 2.19. The maximum Gasteiger partial charge on any atom is 0.326 e. The second-order valence-corrected chi connectivity index (χ2v) is 6.98. The Hall–Kier alpha value is -2.08. The van der Waals surface area contributed by atoms with Crippen LogP contribution in [0.15, 0.2) is 23.0 Å². The normalized spacial score (nSPS) is 15.3. The highest BCUT2D eigenvalue weighted by Gasteiger charge is 2.19. The van der Waals surface area contributed by atoms with Crippen molar-refractivity contribution in [3.05, 3.63) is 34.2 Å². The molecule has 0 unspecified atom stereocenters. The lowest BCUT2D eigenvalue weighted by molar-refractivity contribution is -0.897. The van der Waals surface area contributed by atoms with Crippen LogP contribution in [0.5, 0.6) is 0 Å². The number of fused-ring (bicyclic) bond motifs is 1. The van der Waals surface area contributed by atoms with Crippen LogP contribution in [0.2, 0.25) is 0 Å². The van der Waals surface area contributed by atoms with Crippen molar-refractivity contribution in [3.63, 3.8) is 0 Å². The first kappa shape index (κ1) is 17.7. The highest BCUT2D eigenvalue weighted by molar-refractivity contribution is 5.97. The number of hydrogen-bond donors (Lipinski definition) is 3. The van der Waals surface area contributed by atoms with Crippen LogP contribution in [0.4, 0.5) is 0 Å². The second kappa shape index (κ2) is 7.87. The number of hydrogen-bond acceptors (Lipinski definition) is 2. The molecule has 3 rings (SSSR count). The quantitative estimate of drug-likeness (QED) is 0.698. The Bertz CT molecular complexity index is 782. The maximum absolute atomic E-state index is 12.4. The van der Waals surface area contributed by atoms with Gasteiger partial charge in [0.05, 0.1) is 37.2 Å². The van der Waals surface area contributed by atoms with Crippen LogP contribution < -0.4 is 15.9 Å². The molecule has 0 radical (unpaired) electrons. The van der Waals surface area contributed by atoms with Crippen molar-refractivity contribution >= 4 is 16.9 Å². The van der Waals surface area contributed by atoms with E-state index in [4.69, 9.17) is 0 Å². The van der Waals surface area contributed by atoms with E-state index in [0.29, 0.717) is 18.2 Å². The SMILES string of the molecule is CC[NH+](CC)CCn1c(=O)[nH]c2cc(C(=O)NC3CCCC3)ccc21. The van der Waals surface area contributed by atoms with Crippen molar-refractivity contribution in [2.24, 2.45) is 0 Å². The van der Waals surface area contributed by atoms with Gasteiger partial charge in [0.15, 0.2) is 0 Å². The lowest BCUT2D eigenvalue weighted by Crippen LogP contribution is -3.11. The van der Waals surface area contributed by atoms with Gasteiger partial charge in [-0.3, -0.25) is 9.36 Å². The molecule has 1 fully saturated rings. The van der Waals surface area contributed by atoms with Gasteiger partial charge >= 0.3 is 5.69 Å². The molecular weight excluding hydrogens is 316 g/mol. The van der Waals surface area contributed by atoms with Crippen molar-refractivity contribution in [1.29, 1.82) is 0 Å². The Kier molecular flexibility index (Phi) is 5.58. The second-order valence-electron chi connectivity index (χ2n) is 6.98. The minimum absolute atomic E-state index is 0.0463. The highest BCUT2D eigenvalue weighted by atomic mass is 16.2. The number of H-pyrrole nitrogens is 1. The molecule has 2 aromatic rings. The average molecular weight is 345 g/mol. The molecule has 1 aromatic carbocycles. The van der Waals surface area contributed by atoms with Crippen LogP contribution in [0.1, 0.15) is 49.9 Å². The van der Waals surface area contributed by atoms with Gasteiger partial charge in [-0.05, 0) is 44.9 Å². The minimum atomic E-state index is -0.102. The largest absolute Gasteiger partial charge is 0.349 e. The van der Waals surface area contributed by atoms with Gasteiger partial charge in [-0.1, -0.05) is 12.8 Å². The molecule has 0 aliphatic heterocycles. The van der Waals surface area contributed by atoms with Crippen molar-refractivity contribution < 1.29 is 9.69 Å². The van der Waals surface area contributed by atoms with E-state index in [1.807, 2.05) is 12.1 Å². The summed E-state index contributed by atoms with van der Waals surface area (Å²) in [5.74, 6) is -0.0463. The summed E-state index contributed by atoms with van der Waals surface area (Å²) in [6.45, 7) is 8.03. The maximum atomic E-state index is 12.4. The number of carbonyl (C=O) groups excluding carboxylic acids is 1. The molecular formula is C19H29N4O2+. The smallest absolute Gasteiger partial charge is 0.326 e. The van der Waals surface area contributed by atoms with Gasteiger partial charge in [0.25, 0.3) is 5.91 Å². The summed E-state index contributed by atoms with van der Waals surface area (Å²) in [5.41, 5.74) is 2.12. The fourth-order valence-corrected chi connectivity index (χ4v) is 3.74. The molecule has 6 heteroatoms. The zero-order valence-electron chi connectivity index (χ0n) is 15.2. The Morgan fingerprint density at radius 3 is 2.68 bits per heavy atom. The molecule has 6 nitrogen and oxygen atoms in total. The van der Waals surface area contributed by atoms with Gasteiger partial charge in [0.2, 0.25) is 0 Å². The number of aromatic amines is 1. The number of amides is 1. The Labute approximate surface area is 148 Å². The van der Waals surface area contributed by atoms with E-state index < -0.39 is 0 Å². The van der Waals surface area contributed by atoms with Gasteiger partial charge in [-0.15, -0.1) is 0 Å². The first-order chi connectivity index (χ1) is 12.1. The van der Waals surface area contributed by atoms with Gasteiger partial charge in [0, 0.05) is 11.6 Å². The van der Waals surface area contributed by atoms with E-state index in [1.54, 1.807) is 10.6 Å². The zero-order chi connectivity index (χ0) is 17.8. The third-order valence-corrected chi connectivity index (χ3v) is 5.42. The van der Waals surface area contributed by atoms with Crippen LogP contribution in [0.3, 0.4) is 0 Å².